The molecule has 3 rings (SSSR count). The molecule has 1 saturated heterocycles. The smallest absolute Gasteiger partial charge is 0.297 e. The van der Waals surface area contributed by atoms with Crippen molar-refractivity contribution in [1.82, 2.24) is 9.73 Å². The molecule has 2 aromatic rings. The third kappa shape index (κ3) is 6.11. The van der Waals surface area contributed by atoms with Gasteiger partial charge in [0.05, 0.1) is 32.1 Å². The van der Waals surface area contributed by atoms with Crippen LogP contribution in [0.4, 0.5) is 5.69 Å². The number of aromatic hydroxyl groups is 1. The predicted molar refractivity (Wildman–Crippen MR) is 117 cm³/mol. The standard InChI is InChI=1S/C21H28N4O5S.ClH/c1-23-11-13-25(2,14-12-23)16-21(27)24(19-15-17(26)9-10-20(19)30-3)22-31(28,29)18-7-5-4-6-8-18;/h4-10,15,22H,11-14,16H2,1-3H3;1H. The molecule has 1 aliphatic heterocycles. The Labute approximate surface area is 195 Å². The molecule has 32 heavy (non-hydrogen) atoms. The third-order valence-corrected chi connectivity index (χ3v) is 6.79. The van der Waals surface area contributed by atoms with Crippen LogP contribution in [0.3, 0.4) is 0 Å². The first-order valence-corrected chi connectivity index (χ1v) is 11.4. The molecule has 176 valence electrons. The number of hydrogen-bond acceptors (Lipinski definition) is 6. The quantitative estimate of drug-likeness (QED) is 0.349. The summed E-state index contributed by atoms with van der Waals surface area (Å²) in [4.78, 5) is 18.0. The van der Waals surface area contributed by atoms with Gasteiger partial charge in [-0.1, -0.05) is 18.2 Å². The fraction of sp³-hybridized carbons (Fsp3) is 0.381. The zero-order chi connectivity index (χ0) is 22.6. The van der Waals surface area contributed by atoms with Crippen molar-refractivity contribution >= 4 is 21.6 Å². The van der Waals surface area contributed by atoms with E-state index in [0.29, 0.717) is 4.48 Å². The lowest BCUT2D eigenvalue weighted by molar-refractivity contribution is -0.905. The van der Waals surface area contributed by atoms with Crippen molar-refractivity contribution < 1.29 is 39.9 Å². The highest BCUT2D eigenvalue weighted by Gasteiger charge is 2.35. The monoisotopic (exact) mass is 484 g/mol. The number of phenols is 1. The summed E-state index contributed by atoms with van der Waals surface area (Å²) in [7, 11) is 1.37. The Morgan fingerprint density at radius 3 is 2.41 bits per heavy atom. The Hall–Kier alpha value is -2.37. The number of sulfonamides is 1. The van der Waals surface area contributed by atoms with Gasteiger partial charge in [-0.25, -0.2) is 13.4 Å². The Balaban J connectivity index is 0.00000363. The highest BCUT2D eigenvalue weighted by molar-refractivity contribution is 7.89. The first kappa shape index (κ1) is 25.9. The van der Waals surface area contributed by atoms with Gasteiger partial charge in [-0.2, -0.15) is 0 Å². The maximum absolute atomic E-state index is 13.4. The van der Waals surface area contributed by atoms with E-state index in [1.165, 1.54) is 37.4 Å². The zero-order valence-corrected chi connectivity index (χ0v) is 19.9. The average Bonchev–Trinajstić information content (AvgIpc) is 2.75. The van der Waals surface area contributed by atoms with E-state index in [1.54, 1.807) is 18.2 Å². The highest BCUT2D eigenvalue weighted by Crippen LogP contribution is 2.32. The minimum Gasteiger partial charge on any atom is -1.00 e. The number of hydrazine groups is 1. The van der Waals surface area contributed by atoms with E-state index in [-0.39, 0.29) is 41.0 Å². The number of quaternary nitrogens is 1. The number of benzene rings is 2. The molecular formula is C21H29ClN4O5S. The minimum absolute atomic E-state index is 0. The molecule has 0 aliphatic carbocycles. The molecular weight excluding hydrogens is 456 g/mol. The number of likely N-dealkylation sites (N-methyl/N-ethyl adjacent to an activating group) is 2. The summed E-state index contributed by atoms with van der Waals surface area (Å²) in [6.07, 6.45) is 0. The van der Waals surface area contributed by atoms with Crippen LogP contribution in [-0.2, 0) is 14.8 Å². The number of nitrogens with one attached hydrogen (secondary N) is 1. The molecule has 0 bridgehead atoms. The lowest BCUT2D eigenvalue weighted by Gasteiger charge is -2.41. The number of phenolic OH excluding ortho intramolecular Hbond substituents is 1. The minimum atomic E-state index is -4.06. The number of ether oxygens (including phenoxy) is 1. The second-order valence-electron chi connectivity index (χ2n) is 8.02. The number of hydrogen-bond donors (Lipinski definition) is 2. The molecule has 0 spiro atoms. The van der Waals surface area contributed by atoms with Gasteiger partial charge < -0.3 is 26.7 Å². The molecule has 11 heteroatoms. The molecule has 0 unspecified atom stereocenters. The molecule has 2 N–H and O–H groups in total. The summed E-state index contributed by atoms with van der Waals surface area (Å²) < 4.78 is 31.8. The predicted octanol–water partition coefficient (Wildman–Crippen LogP) is -1.98. The van der Waals surface area contributed by atoms with E-state index in [9.17, 15) is 18.3 Å². The molecule has 1 fully saturated rings. The Bertz CT molecular complexity index is 1030. The van der Waals surface area contributed by atoms with Crippen LogP contribution in [0.5, 0.6) is 11.5 Å². The van der Waals surface area contributed by atoms with E-state index in [4.69, 9.17) is 4.74 Å². The fourth-order valence-corrected chi connectivity index (χ4v) is 4.52. The number of carbonyl (C=O) groups excluding carboxylic acids is 1. The summed E-state index contributed by atoms with van der Waals surface area (Å²) >= 11 is 0. The molecule has 9 nitrogen and oxygen atoms in total. The lowest BCUT2D eigenvalue weighted by Crippen LogP contribution is -3.00. The van der Waals surface area contributed by atoms with Crippen LogP contribution >= 0.6 is 0 Å². The first-order valence-electron chi connectivity index (χ1n) is 9.93. The van der Waals surface area contributed by atoms with Gasteiger partial charge in [0, 0.05) is 19.2 Å². The largest absolute Gasteiger partial charge is 1.00 e. The van der Waals surface area contributed by atoms with Gasteiger partial charge in [-0.05, 0) is 31.3 Å². The second-order valence-corrected chi connectivity index (χ2v) is 9.68. The van der Waals surface area contributed by atoms with Gasteiger partial charge in [-0.15, -0.1) is 4.83 Å². The van der Waals surface area contributed by atoms with Crippen LogP contribution in [0, 0.1) is 0 Å². The summed E-state index contributed by atoms with van der Waals surface area (Å²) in [6.45, 7) is 3.30. The lowest BCUT2D eigenvalue weighted by atomic mass is 10.2. The van der Waals surface area contributed by atoms with Crippen LogP contribution in [0.1, 0.15) is 0 Å². The Kier molecular flexibility index (Phi) is 8.49. The molecule has 1 aliphatic rings. The Morgan fingerprint density at radius 1 is 1.19 bits per heavy atom. The third-order valence-electron chi connectivity index (χ3n) is 5.48. The van der Waals surface area contributed by atoms with Gasteiger partial charge >= 0.3 is 0 Å². The molecule has 0 radical (unpaired) electrons. The number of halogens is 1. The maximum atomic E-state index is 13.4. The second kappa shape index (κ2) is 10.5. The topological polar surface area (TPSA) is 99.2 Å². The number of anilines is 1. The number of nitrogens with zero attached hydrogens (tertiary/aromatic N) is 3. The van der Waals surface area contributed by atoms with Gasteiger partial charge in [0.1, 0.15) is 17.2 Å². The van der Waals surface area contributed by atoms with Crippen LogP contribution < -0.4 is 27.0 Å². The summed E-state index contributed by atoms with van der Waals surface area (Å²) in [5.41, 5.74) is 0.118. The summed E-state index contributed by atoms with van der Waals surface area (Å²) in [5, 5.41) is 11.0. The van der Waals surface area contributed by atoms with Gasteiger partial charge in [0.2, 0.25) is 0 Å². The Morgan fingerprint density at radius 2 is 1.81 bits per heavy atom. The van der Waals surface area contributed by atoms with Crippen LogP contribution in [-0.4, -0.2) is 82.7 Å². The molecule has 1 heterocycles. The van der Waals surface area contributed by atoms with Gasteiger partial charge in [-0.3, -0.25) is 9.69 Å². The van der Waals surface area contributed by atoms with Crippen molar-refractivity contribution in [3.63, 3.8) is 0 Å². The van der Waals surface area contributed by atoms with Crippen LogP contribution in [0.15, 0.2) is 53.4 Å². The van der Waals surface area contributed by atoms with E-state index < -0.39 is 15.9 Å². The zero-order valence-electron chi connectivity index (χ0n) is 18.4. The number of piperazine rings is 1. The van der Waals surface area contributed by atoms with E-state index >= 15 is 0 Å². The molecule has 0 atom stereocenters. The van der Waals surface area contributed by atoms with Crippen molar-refractivity contribution in [3.05, 3.63) is 48.5 Å². The fourth-order valence-electron chi connectivity index (χ4n) is 3.46. The van der Waals surface area contributed by atoms with Crippen LogP contribution in [0.2, 0.25) is 0 Å². The van der Waals surface area contributed by atoms with Crippen molar-refractivity contribution in [2.24, 2.45) is 0 Å². The molecule has 0 saturated carbocycles. The van der Waals surface area contributed by atoms with Crippen molar-refractivity contribution in [2.45, 2.75) is 4.90 Å². The van der Waals surface area contributed by atoms with Crippen LogP contribution in [0.25, 0.3) is 0 Å². The van der Waals surface area contributed by atoms with Crippen molar-refractivity contribution in [2.75, 3.05) is 58.9 Å². The first-order chi connectivity index (χ1) is 14.6. The normalized spacial score (nSPS) is 16.1. The summed E-state index contributed by atoms with van der Waals surface area (Å²) in [5.74, 6) is -0.314. The molecule has 0 aromatic heterocycles. The maximum Gasteiger partial charge on any atom is 0.297 e. The molecule has 1 amide bonds. The van der Waals surface area contributed by atoms with Crippen molar-refractivity contribution in [3.8, 4) is 11.5 Å². The highest BCUT2D eigenvalue weighted by atomic mass is 35.5. The average molecular weight is 485 g/mol. The number of methoxy groups -OCH3 is 1. The van der Waals surface area contributed by atoms with Crippen molar-refractivity contribution in [1.29, 1.82) is 0 Å². The van der Waals surface area contributed by atoms with Gasteiger partial charge in [0.25, 0.3) is 15.9 Å². The molecule has 2 aromatic carbocycles. The number of amides is 1. The SMILES string of the molecule is COc1ccc(O)cc1N(NS(=O)(=O)c1ccccc1)C(=O)C[N+]1(C)CCN(C)CC1.[Cl-]. The van der Waals surface area contributed by atoms with E-state index in [0.717, 1.165) is 31.2 Å². The summed E-state index contributed by atoms with van der Waals surface area (Å²) in [6, 6.07) is 12.0. The number of carbonyl (C=O) groups is 1. The number of rotatable bonds is 7. The van der Waals surface area contributed by atoms with Gasteiger partial charge in [0.15, 0.2) is 6.54 Å². The van der Waals surface area contributed by atoms with E-state index in [2.05, 4.69) is 9.73 Å². The van der Waals surface area contributed by atoms with E-state index in [1.807, 2.05) is 14.1 Å².